The molecule has 1 spiro atoms. The van der Waals surface area contributed by atoms with E-state index in [1.807, 2.05) is 13.8 Å². The van der Waals surface area contributed by atoms with Crippen molar-refractivity contribution < 1.29 is 24.0 Å². The smallest absolute Gasteiger partial charge is 0.201 e. The molecule has 0 aromatic carbocycles. The Kier molecular flexibility index (Phi) is 4.01. The van der Waals surface area contributed by atoms with Gasteiger partial charge in [-0.2, -0.15) is 0 Å². The fourth-order valence-corrected chi connectivity index (χ4v) is 5.53. The van der Waals surface area contributed by atoms with Crippen LogP contribution in [0.2, 0.25) is 0 Å². The summed E-state index contributed by atoms with van der Waals surface area (Å²) in [5.41, 5.74) is -0.470. The van der Waals surface area contributed by atoms with E-state index >= 15 is 0 Å². The molecule has 5 nitrogen and oxygen atoms in total. The standard InChI is InChI=1S/C18H30O5/c1-5-12-14-8-7-11(3)13-9-10-17(4)21-16(18(13,14)23-22-17)20-15(12)19-6-2/h11-16H,5-10H2,1-4H3/t11-,12-,13+,14+,15?,16-,17-,18-/m1/s1. The third-order valence-electron chi connectivity index (χ3n) is 6.70. The van der Waals surface area contributed by atoms with E-state index in [-0.39, 0.29) is 12.6 Å². The third kappa shape index (κ3) is 2.24. The largest absolute Gasteiger partial charge is 0.353 e. The molecule has 5 heteroatoms. The van der Waals surface area contributed by atoms with Gasteiger partial charge in [0.05, 0.1) is 0 Å². The van der Waals surface area contributed by atoms with Gasteiger partial charge in [0.2, 0.25) is 5.79 Å². The van der Waals surface area contributed by atoms with Gasteiger partial charge in [0, 0.05) is 24.9 Å². The number of rotatable bonds is 3. The van der Waals surface area contributed by atoms with Crippen molar-refractivity contribution in [2.45, 2.75) is 83.8 Å². The van der Waals surface area contributed by atoms with Crippen LogP contribution in [0.15, 0.2) is 0 Å². The molecule has 4 heterocycles. The van der Waals surface area contributed by atoms with E-state index in [2.05, 4.69) is 13.8 Å². The van der Waals surface area contributed by atoms with Crippen molar-refractivity contribution in [3.05, 3.63) is 0 Å². The second-order valence-corrected chi connectivity index (χ2v) is 7.94. The molecule has 5 aliphatic rings. The highest BCUT2D eigenvalue weighted by molar-refractivity contribution is 5.09. The van der Waals surface area contributed by atoms with E-state index in [0.29, 0.717) is 30.3 Å². The first-order valence-electron chi connectivity index (χ1n) is 9.35. The summed E-state index contributed by atoms with van der Waals surface area (Å²) >= 11 is 0. The lowest BCUT2D eigenvalue weighted by Gasteiger charge is -2.60. The summed E-state index contributed by atoms with van der Waals surface area (Å²) in [6.07, 6.45) is 4.72. The number of ether oxygens (including phenoxy) is 3. The van der Waals surface area contributed by atoms with Crippen LogP contribution in [-0.2, 0) is 24.0 Å². The molecule has 8 atom stereocenters. The molecule has 5 rings (SSSR count). The number of fused-ring (bicyclic) bond motifs is 2. The highest BCUT2D eigenvalue weighted by atomic mass is 17.3. The fraction of sp³-hybridized carbons (Fsp3) is 1.00. The van der Waals surface area contributed by atoms with Gasteiger partial charge in [-0.25, -0.2) is 9.78 Å². The monoisotopic (exact) mass is 326 g/mol. The Morgan fingerprint density at radius 3 is 2.65 bits per heavy atom. The first-order valence-corrected chi connectivity index (χ1v) is 9.35. The molecule has 1 unspecified atom stereocenters. The molecule has 1 saturated carbocycles. The molecule has 0 amide bonds. The number of hydrogen-bond acceptors (Lipinski definition) is 5. The normalized spacial score (nSPS) is 55.3. The van der Waals surface area contributed by atoms with Gasteiger partial charge < -0.3 is 14.2 Å². The summed E-state index contributed by atoms with van der Waals surface area (Å²) in [6, 6.07) is 0. The van der Waals surface area contributed by atoms with Crippen LogP contribution >= 0.6 is 0 Å². The van der Waals surface area contributed by atoms with Crippen LogP contribution in [0, 0.1) is 23.7 Å². The molecule has 4 aliphatic heterocycles. The molecule has 0 N–H and O–H groups in total. The Morgan fingerprint density at radius 2 is 1.91 bits per heavy atom. The van der Waals surface area contributed by atoms with Crippen LogP contribution in [0.25, 0.3) is 0 Å². The quantitative estimate of drug-likeness (QED) is 0.741. The molecule has 23 heavy (non-hydrogen) atoms. The van der Waals surface area contributed by atoms with E-state index in [1.54, 1.807) is 0 Å². The van der Waals surface area contributed by atoms with Gasteiger partial charge in [0.1, 0.15) is 0 Å². The molecule has 5 fully saturated rings. The van der Waals surface area contributed by atoms with Crippen LogP contribution < -0.4 is 0 Å². The van der Waals surface area contributed by atoms with Gasteiger partial charge in [-0.05, 0) is 51.4 Å². The highest BCUT2D eigenvalue weighted by Gasteiger charge is 2.69. The molecule has 132 valence electrons. The average molecular weight is 326 g/mol. The molecule has 0 aromatic heterocycles. The summed E-state index contributed by atoms with van der Waals surface area (Å²) in [7, 11) is 0. The van der Waals surface area contributed by atoms with E-state index in [9.17, 15) is 0 Å². The van der Waals surface area contributed by atoms with Crippen LogP contribution in [0.3, 0.4) is 0 Å². The Balaban J connectivity index is 1.76. The average Bonchev–Trinajstić information content (AvgIpc) is 2.76. The van der Waals surface area contributed by atoms with Crippen molar-refractivity contribution in [3.8, 4) is 0 Å². The van der Waals surface area contributed by atoms with Gasteiger partial charge in [-0.1, -0.05) is 13.8 Å². The Morgan fingerprint density at radius 1 is 1.09 bits per heavy atom. The minimum atomic E-state index is -0.701. The van der Waals surface area contributed by atoms with E-state index in [1.165, 1.54) is 6.42 Å². The van der Waals surface area contributed by atoms with Gasteiger partial charge in [0.25, 0.3) is 0 Å². The van der Waals surface area contributed by atoms with Crippen molar-refractivity contribution in [2.75, 3.05) is 6.61 Å². The first-order chi connectivity index (χ1) is 11.0. The van der Waals surface area contributed by atoms with Crippen molar-refractivity contribution >= 4 is 0 Å². The zero-order valence-corrected chi connectivity index (χ0v) is 14.7. The summed E-state index contributed by atoms with van der Waals surface area (Å²) in [5, 5.41) is 0. The molecule has 0 radical (unpaired) electrons. The van der Waals surface area contributed by atoms with Crippen molar-refractivity contribution in [2.24, 2.45) is 23.7 Å². The van der Waals surface area contributed by atoms with Gasteiger partial charge in [-0.15, -0.1) is 0 Å². The van der Waals surface area contributed by atoms with Crippen LogP contribution in [0.5, 0.6) is 0 Å². The number of hydrogen-bond donors (Lipinski definition) is 0. The topological polar surface area (TPSA) is 46.2 Å². The van der Waals surface area contributed by atoms with Crippen molar-refractivity contribution in [3.63, 3.8) is 0 Å². The predicted molar refractivity (Wildman–Crippen MR) is 83.1 cm³/mol. The minimum absolute atomic E-state index is 0.203. The summed E-state index contributed by atoms with van der Waals surface area (Å²) in [5.74, 6) is 1.02. The molecule has 0 aromatic rings. The lowest BCUT2D eigenvalue weighted by molar-refractivity contribution is -0.577. The second kappa shape index (κ2) is 5.67. The van der Waals surface area contributed by atoms with Gasteiger partial charge >= 0.3 is 0 Å². The Bertz CT molecular complexity index is 457. The lowest BCUT2D eigenvalue weighted by Crippen LogP contribution is -2.70. The summed E-state index contributed by atoms with van der Waals surface area (Å²) in [4.78, 5) is 12.0. The predicted octanol–water partition coefficient (Wildman–Crippen LogP) is 3.62. The maximum Gasteiger partial charge on any atom is 0.201 e. The second-order valence-electron chi connectivity index (χ2n) is 7.94. The summed E-state index contributed by atoms with van der Waals surface area (Å²) in [6.45, 7) is 9.19. The zero-order valence-electron chi connectivity index (χ0n) is 14.7. The van der Waals surface area contributed by atoms with Gasteiger partial charge in [0.15, 0.2) is 18.2 Å². The minimum Gasteiger partial charge on any atom is -0.353 e. The molecule has 4 saturated heterocycles. The first kappa shape index (κ1) is 16.3. The highest BCUT2D eigenvalue weighted by Crippen LogP contribution is 2.61. The summed E-state index contributed by atoms with van der Waals surface area (Å²) < 4.78 is 18.6. The van der Waals surface area contributed by atoms with E-state index in [0.717, 1.165) is 25.7 Å². The third-order valence-corrected chi connectivity index (χ3v) is 6.70. The van der Waals surface area contributed by atoms with Crippen LogP contribution in [-0.4, -0.2) is 30.6 Å². The zero-order chi connectivity index (χ0) is 16.2. The van der Waals surface area contributed by atoms with Crippen LogP contribution in [0.4, 0.5) is 0 Å². The fourth-order valence-electron chi connectivity index (χ4n) is 5.53. The maximum absolute atomic E-state index is 6.34. The Labute approximate surface area is 138 Å². The van der Waals surface area contributed by atoms with Crippen molar-refractivity contribution in [1.82, 2.24) is 0 Å². The SMILES string of the molecule is CCOC1O[C@@H]2O[C@@]3(C)CC[C@H]4[C@H](C)CC[C@@H]([C@H]1CC)[C@@]24OO3. The molecule has 2 bridgehead atoms. The molecule has 1 aliphatic carbocycles. The van der Waals surface area contributed by atoms with E-state index in [4.69, 9.17) is 24.0 Å². The van der Waals surface area contributed by atoms with Gasteiger partial charge in [-0.3, -0.25) is 0 Å². The Hall–Kier alpha value is -0.200. The molecular formula is C18H30O5. The lowest BCUT2D eigenvalue weighted by atomic mass is 9.57. The van der Waals surface area contributed by atoms with E-state index < -0.39 is 11.4 Å². The molecular weight excluding hydrogens is 296 g/mol. The van der Waals surface area contributed by atoms with Crippen LogP contribution in [0.1, 0.15) is 59.8 Å². The van der Waals surface area contributed by atoms with Crippen molar-refractivity contribution in [1.29, 1.82) is 0 Å². The maximum atomic E-state index is 6.34.